The first-order valence-corrected chi connectivity index (χ1v) is 10.1. The molecule has 2 nitrogen and oxygen atoms in total. The molecule has 2 heterocycles. The lowest BCUT2D eigenvalue weighted by Gasteiger charge is -2.18. The van der Waals surface area contributed by atoms with Crippen molar-refractivity contribution in [3.8, 4) is 0 Å². The molecule has 1 N–H and O–H groups in total. The molecule has 3 rings (SSSR count). The van der Waals surface area contributed by atoms with Crippen LogP contribution >= 0.6 is 19.9 Å². The zero-order valence-corrected chi connectivity index (χ0v) is 16.6. The Morgan fingerprint density at radius 3 is 2.00 bits per heavy atom. The summed E-state index contributed by atoms with van der Waals surface area (Å²) in [6, 6.07) is 1.67. The first kappa shape index (κ1) is 21.6. The van der Waals surface area contributed by atoms with Crippen LogP contribution in [0.15, 0.2) is 18.2 Å². The maximum atomic E-state index is 13.1. The van der Waals surface area contributed by atoms with Crippen LogP contribution in [-0.2, 0) is 17.1 Å². The minimum Gasteiger partial charge on any atom is -0.390 e. The summed E-state index contributed by atoms with van der Waals surface area (Å²) < 4.78 is 84.0. The van der Waals surface area contributed by atoms with Crippen molar-refractivity contribution < 1.29 is 36.2 Å². The summed E-state index contributed by atoms with van der Waals surface area (Å²) >= 11 is 1.42. The second-order valence-electron chi connectivity index (χ2n) is 6.63. The Balaban J connectivity index is 2.07. The van der Waals surface area contributed by atoms with Gasteiger partial charge in [0.1, 0.15) is 0 Å². The fraction of sp³-hybridized carbons (Fsp3) is 0.444. The normalized spacial score (nSPS) is 21.2. The highest BCUT2D eigenvalue weighted by Gasteiger charge is 2.37. The number of thiophene rings is 1. The van der Waals surface area contributed by atoms with Gasteiger partial charge in [0.05, 0.1) is 30.4 Å². The predicted molar refractivity (Wildman–Crippen MR) is 97.4 cm³/mol. The second kappa shape index (κ2) is 7.59. The molecule has 1 aromatic heterocycles. The van der Waals surface area contributed by atoms with Crippen LogP contribution in [0.5, 0.6) is 0 Å². The summed E-state index contributed by atoms with van der Waals surface area (Å²) in [6.07, 6.45) is -10.5. The van der Waals surface area contributed by atoms with Gasteiger partial charge in [-0.2, -0.15) is 26.3 Å². The molecular formula is C18H17F6O2PS. The molecular weight excluding hydrogens is 425 g/mol. The van der Waals surface area contributed by atoms with Crippen molar-refractivity contribution in [3.05, 3.63) is 44.6 Å². The number of aliphatic hydroxyl groups excluding tert-OH is 1. The van der Waals surface area contributed by atoms with Gasteiger partial charge < -0.3 is 9.84 Å². The first-order chi connectivity index (χ1) is 12.9. The van der Waals surface area contributed by atoms with Gasteiger partial charge in [0.15, 0.2) is 0 Å². The number of alkyl halides is 6. The molecule has 1 fully saturated rings. The van der Waals surface area contributed by atoms with E-state index in [0.29, 0.717) is 5.30 Å². The Bertz CT molecular complexity index is 842. The van der Waals surface area contributed by atoms with E-state index < -0.39 is 38.2 Å². The van der Waals surface area contributed by atoms with Crippen molar-refractivity contribution in [1.82, 2.24) is 0 Å². The van der Waals surface area contributed by atoms with Crippen LogP contribution in [-0.4, -0.2) is 24.4 Å². The van der Waals surface area contributed by atoms with Crippen molar-refractivity contribution >= 4 is 30.5 Å². The fourth-order valence-corrected chi connectivity index (χ4v) is 6.15. The molecule has 0 aliphatic carbocycles. The molecule has 0 bridgehead atoms. The summed E-state index contributed by atoms with van der Waals surface area (Å²) in [6.45, 7) is 4.04. The number of benzene rings is 1. The van der Waals surface area contributed by atoms with E-state index in [0.717, 1.165) is 27.5 Å². The van der Waals surface area contributed by atoms with Crippen molar-refractivity contribution in [3.63, 3.8) is 0 Å². The van der Waals surface area contributed by atoms with Crippen LogP contribution in [0.1, 0.15) is 32.4 Å². The molecule has 28 heavy (non-hydrogen) atoms. The van der Waals surface area contributed by atoms with Crippen LogP contribution in [0.4, 0.5) is 26.3 Å². The molecule has 2 aromatic rings. The minimum atomic E-state index is -4.88. The molecule has 1 unspecified atom stereocenters. The average Bonchev–Trinajstić information content (AvgIpc) is 3.08. The molecule has 154 valence electrons. The largest absolute Gasteiger partial charge is 0.416 e. The topological polar surface area (TPSA) is 29.5 Å². The van der Waals surface area contributed by atoms with Gasteiger partial charge in [-0.15, -0.1) is 11.3 Å². The van der Waals surface area contributed by atoms with E-state index in [-0.39, 0.29) is 30.5 Å². The number of rotatable bonds is 3. The molecule has 1 aliphatic rings. The van der Waals surface area contributed by atoms with Gasteiger partial charge in [-0.1, -0.05) is 8.58 Å². The summed E-state index contributed by atoms with van der Waals surface area (Å²) in [5.74, 6) is -0.333. The maximum Gasteiger partial charge on any atom is 0.416 e. The van der Waals surface area contributed by atoms with Gasteiger partial charge in [-0.25, -0.2) is 0 Å². The van der Waals surface area contributed by atoms with Gasteiger partial charge in [-0.3, -0.25) is 0 Å². The van der Waals surface area contributed by atoms with Crippen molar-refractivity contribution in [2.75, 3.05) is 13.2 Å². The Morgan fingerprint density at radius 1 is 0.964 bits per heavy atom. The van der Waals surface area contributed by atoms with Crippen molar-refractivity contribution in [1.29, 1.82) is 0 Å². The summed E-state index contributed by atoms with van der Waals surface area (Å²) in [7, 11) is -0.394. The lowest BCUT2D eigenvalue weighted by molar-refractivity contribution is -0.142. The highest BCUT2D eigenvalue weighted by Crippen LogP contribution is 2.38. The third-order valence-corrected chi connectivity index (χ3v) is 7.27. The third kappa shape index (κ3) is 4.37. The average molecular weight is 442 g/mol. The Hall–Kier alpha value is -1.15. The van der Waals surface area contributed by atoms with Crippen LogP contribution in [0.2, 0.25) is 0 Å². The monoisotopic (exact) mass is 442 g/mol. The Labute approximate surface area is 163 Å². The Morgan fingerprint density at radius 2 is 1.54 bits per heavy atom. The van der Waals surface area contributed by atoms with E-state index in [2.05, 4.69) is 0 Å². The van der Waals surface area contributed by atoms with Crippen LogP contribution in [0, 0.1) is 13.8 Å². The molecule has 1 aromatic carbocycles. The van der Waals surface area contributed by atoms with E-state index in [4.69, 9.17) is 4.74 Å². The molecule has 0 saturated carbocycles. The van der Waals surface area contributed by atoms with E-state index in [1.807, 2.05) is 6.92 Å². The lowest BCUT2D eigenvalue weighted by Crippen LogP contribution is -2.22. The standard InChI is InChI=1S/C18H17F6O2PS/c1-8-15(13-6-26-7-14(13)25)16(9(2)28-8)27-12-4-10(17(19,20)21)3-11(5-12)18(22,23)24/h3-5,13-14,25,27H,6-7H2,1-2H3/t13-,14-/m0/s1. The Kier molecular flexibility index (Phi) is 5.85. The minimum absolute atomic E-state index is 0.0438. The summed E-state index contributed by atoms with van der Waals surface area (Å²) in [5.41, 5.74) is -1.86. The number of hydrogen-bond acceptors (Lipinski definition) is 3. The number of halogens is 6. The molecule has 0 amide bonds. The fourth-order valence-electron chi connectivity index (χ4n) is 3.29. The number of aliphatic hydroxyl groups is 1. The zero-order valence-electron chi connectivity index (χ0n) is 14.8. The van der Waals surface area contributed by atoms with Crippen molar-refractivity contribution in [2.45, 2.75) is 38.2 Å². The van der Waals surface area contributed by atoms with Gasteiger partial charge in [0.25, 0.3) is 0 Å². The smallest absolute Gasteiger partial charge is 0.390 e. The molecule has 1 aliphatic heterocycles. The molecule has 3 atom stereocenters. The van der Waals surface area contributed by atoms with Gasteiger partial charge in [0, 0.05) is 15.7 Å². The van der Waals surface area contributed by atoms with Crippen LogP contribution < -0.4 is 10.6 Å². The van der Waals surface area contributed by atoms with Gasteiger partial charge >= 0.3 is 12.4 Å². The number of aryl methyl sites for hydroxylation is 2. The summed E-state index contributed by atoms with van der Waals surface area (Å²) in [5, 5.41) is 10.8. The lowest BCUT2D eigenvalue weighted by atomic mass is 9.96. The maximum absolute atomic E-state index is 13.1. The van der Waals surface area contributed by atoms with E-state index in [1.54, 1.807) is 6.92 Å². The molecule has 0 radical (unpaired) electrons. The van der Waals surface area contributed by atoms with Gasteiger partial charge in [0.2, 0.25) is 0 Å². The summed E-state index contributed by atoms with van der Waals surface area (Å²) in [4.78, 5) is 1.70. The third-order valence-electron chi connectivity index (χ3n) is 4.59. The highest BCUT2D eigenvalue weighted by atomic mass is 32.1. The predicted octanol–water partition coefficient (Wildman–Crippen LogP) is 4.51. The molecule has 10 heteroatoms. The number of hydrogen-bond donors (Lipinski definition) is 1. The van der Waals surface area contributed by atoms with Crippen LogP contribution in [0.25, 0.3) is 0 Å². The first-order valence-electron chi connectivity index (χ1n) is 8.30. The van der Waals surface area contributed by atoms with E-state index in [1.165, 1.54) is 11.3 Å². The number of ether oxygens (including phenoxy) is 1. The van der Waals surface area contributed by atoms with E-state index >= 15 is 0 Å². The molecule has 0 spiro atoms. The quantitative estimate of drug-likeness (QED) is 0.560. The highest BCUT2D eigenvalue weighted by molar-refractivity contribution is 7.56. The zero-order chi connectivity index (χ0) is 20.9. The SMILES string of the molecule is Cc1sc(C)c([C@H]2COC[C@@H]2O)c1Pc1cc(C(F)(F)F)cc(C(F)(F)F)c1. The van der Waals surface area contributed by atoms with Crippen molar-refractivity contribution in [2.24, 2.45) is 0 Å². The second-order valence-corrected chi connectivity index (χ2v) is 9.39. The van der Waals surface area contributed by atoms with E-state index in [9.17, 15) is 31.4 Å². The molecule has 1 saturated heterocycles. The van der Waals surface area contributed by atoms with Crippen LogP contribution in [0.3, 0.4) is 0 Å². The van der Waals surface area contributed by atoms with Gasteiger partial charge in [-0.05, 0) is 48.2 Å².